The third-order valence-electron chi connectivity index (χ3n) is 1.52. The number of halogens is 3. The molecule has 1 heterocycles. The minimum atomic E-state index is -4.66. The topological polar surface area (TPSA) is 32.9 Å². The van der Waals surface area contributed by atoms with Crippen molar-refractivity contribution in [2.75, 3.05) is 5.75 Å². The number of thiol groups is 1. The maximum atomic E-state index is 12.3. The van der Waals surface area contributed by atoms with Crippen LogP contribution in [-0.2, 0) is 6.18 Å². The van der Waals surface area contributed by atoms with Gasteiger partial charge in [0.15, 0.2) is 0 Å². The average molecular weight is 233 g/mol. The largest absolute Gasteiger partial charge is 0.421 e. The number of nitrogens with one attached hydrogen (secondary N) is 1. The smallest absolute Gasteiger partial charge is 0.327 e. The third-order valence-corrected chi connectivity index (χ3v) is 1.68. The Morgan fingerprint density at radius 1 is 1.47 bits per heavy atom. The second-order valence-corrected chi connectivity index (χ2v) is 2.91. The maximum Gasteiger partial charge on any atom is 0.421 e. The molecule has 0 amide bonds. The van der Waals surface area contributed by atoms with Crippen molar-refractivity contribution in [3.63, 3.8) is 0 Å². The molecule has 0 radical (unpaired) electrons. The molecule has 0 spiro atoms. The van der Waals surface area contributed by atoms with Crippen LogP contribution in [0.25, 0.3) is 0 Å². The van der Waals surface area contributed by atoms with Crippen LogP contribution in [0.4, 0.5) is 13.2 Å². The normalized spacial score (nSPS) is 10.7. The summed E-state index contributed by atoms with van der Waals surface area (Å²) in [5.74, 6) is 5.16. The van der Waals surface area contributed by atoms with Crippen LogP contribution < -0.4 is 5.56 Å². The highest BCUT2D eigenvalue weighted by Crippen LogP contribution is 2.26. The quantitative estimate of drug-likeness (QED) is 0.518. The maximum absolute atomic E-state index is 12.3. The second-order valence-electron chi connectivity index (χ2n) is 2.59. The lowest BCUT2D eigenvalue weighted by Crippen LogP contribution is -2.21. The van der Waals surface area contributed by atoms with Gasteiger partial charge in [0, 0.05) is 11.8 Å². The van der Waals surface area contributed by atoms with Crippen molar-refractivity contribution in [2.45, 2.75) is 6.18 Å². The van der Waals surface area contributed by atoms with Gasteiger partial charge in [-0.2, -0.15) is 25.8 Å². The molecule has 2 nitrogen and oxygen atoms in total. The van der Waals surface area contributed by atoms with Crippen LogP contribution in [0.15, 0.2) is 17.1 Å². The lowest BCUT2D eigenvalue weighted by molar-refractivity contribution is -0.138. The van der Waals surface area contributed by atoms with Crippen molar-refractivity contribution in [3.05, 3.63) is 33.7 Å². The van der Waals surface area contributed by atoms with E-state index in [1.165, 1.54) is 0 Å². The Bertz CT molecular complexity index is 467. The fourth-order valence-electron chi connectivity index (χ4n) is 0.908. The van der Waals surface area contributed by atoms with Crippen LogP contribution in [0.3, 0.4) is 0 Å². The van der Waals surface area contributed by atoms with Crippen molar-refractivity contribution in [3.8, 4) is 11.8 Å². The van der Waals surface area contributed by atoms with Gasteiger partial charge in [-0.25, -0.2) is 0 Å². The predicted octanol–water partition coefficient (Wildman–Crippen LogP) is 1.68. The number of rotatable bonds is 0. The Kier molecular flexibility index (Phi) is 3.48. The summed E-state index contributed by atoms with van der Waals surface area (Å²) in [6.07, 6.45) is -3.53. The van der Waals surface area contributed by atoms with E-state index >= 15 is 0 Å². The summed E-state index contributed by atoms with van der Waals surface area (Å²) in [6.45, 7) is 0. The standard InChI is InChI=1S/C9H6F3NOS/c10-9(11,12)7-4-6(2-1-3-15)5-13-8(7)14/h4-5,15H,3H2,(H,13,14). The van der Waals surface area contributed by atoms with E-state index in [4.69, 9.17) is 0 Å². The molecule has 6 heteroatoms. The molecule has 0 aliphatic carbocycles. The highest BCUT2D eigenvalue weighted by atomic mass is 32.1. The van der Waals surface area contributed by atoms with Gasteiger partial charge < -0.3 is 4.98 Å². The number of H-pyrrole nitrogens is 1. The summed E-state index contributed by atoms with van der Waals surface area (Å²) in [4.78, 5) is 12.8. The molecule has 0 saturated heterocycles. The molecule has 0 aliphatic heterocycles. The molecule has 1 aromatic heterocycles. The van der Waals surface area contributed by atoms with E-state index in [0.717, 1.165) is 12.3 Å². The van der Waals surface area contributed by atoms with E-state index < -0.39 is 17.3 Å². The first-order valence-electron chi connectivity index (χ1n) is 3.85. The van der Waals surface area contributed by atoms with Crippen molar-refractivity contribution in [1.29, 1.82) is 0 Å². The second kappa shape index (κ2) is 4.45. The molecule has 1 rings (SSSR count). The molecule has 0 bridgehead atoms. The Balaban J connectivity index is 3.23. The molecule has 1 N–H and O–H groups in total. The molecule has 15 heavy (non-hydrogen) atoms. The van der Waals surface area contributed by atoms with Crippen LogP contribution in [0.5, 0.6) is 0 Å². The van der Waals surface area contributed by atoms with Gasteiger partial charge in [0.05, 0.1) is 5.75 Å². The number of pyridine rings is 1. The van der Waals surface area contributed by atoms with Gasteiger partial charge in [-0.3, -0.25) is 4.79 Å². The SMILES string of the molecule is O=c1[nH]cc(C#CCS)cc1C(F)(F)F. The number of aromatic amines is 1. The van der Waals surface area contributed by atoms with Gasteiger partial charge >= 0.3 is 6.18 Å². The van der Waals surface area contributed by atoms with E-state index in [2.05, 4.69) is 24.5 Å². The Morgan fingerprint density at radius 3 is 2.67 bits per heavy atom. The molecule has 0 aliphatic rings. The lowest BCUT2D eigenvalue weighted by Gasteiger charge is -2.04. The zero-order valence-corrected chi connectivity index (χ0v) is 8.25. The van der Waals surface area contributed by atoms with Gasteiger partial charge in [0.25, 0.3) is 5.56 Å². The first-order valence-corrected chi connectivity index (χ1v) is 4.48. The zero-order chi connectivity index (χ0) is 11.5. The number of alkyl halides is 3. The van der Waals surface area contributed by atoms with E-state index in [0.29, 0.717) is 0 Å². The summed E-state index contributed by atoms with van der Waals surface area (Å²) in [5, 5.41) is 0. The number of hydrogen-bond donors (Lipinski definition) is 2. The van der Waals surface area contributed by atoms with Gasteiger partial charge in [-0.15, -0.1) is 0 Å². The van der Waals surface area contributed by atoms with E-state index in [9.17, 15) is 18.0 Å². The Labute approximate surface area is 88.9 Å². The third kappa shape index (κ3) is 3.06. The lowest BCUT2D eigenvalue weighted by atomic mass is 10.2. The predicted molar refractivity (Wildman–Crippen MR) is 52.8 cm³/mol. The summed E-state index contributed by atoms with van der Waals surface area (Å²) < 4.78 is 36.8. The molecular weight excluding hydrogens is 227 g/mol. The van der Waals surface area contributed by atoms with E-state index in [1.54, 1.807) is 0 Å². The Morgan fingerprint density at radius 2 is 2.13 bits per heavy atom. The van der Waals surface area contributed by atoms with E-state index in [-0.39, 0.29) is 11.3 Å². The van der Waals surface area contributed by atoms with Crippen LogP contribution in [0.2, 0.25) is 0 Å². The zero-order valence-electron chi connectivity index (χ0n) is 7.35. The van der Waals surface area contributed by atoms with Crippen LogP contribution >= 0.6 is 12.6 Å². The minimum absolute atomic E-state index is 0.107. The molecular formula is C9H6F3NOS. The molecule has 1 aromatic rings. The van der Waals surface area contributed by atoms with E-state index in [1.807, 2.05) is 4.98 Å². The van der Waals surface area contributed by atoms with Crippen molar-refractivity contribution < 1.29 is 13.2 Å². The molecule has 0 atom stereocenters. The van der Waals surface area contributed by atoms with Crippen LogP contribution in [0, 0.1) is 11.8 Å². The summed E-state index contributed by atoms with van der Waals surface area (Å²) in [6, 6.07) is 0.718. The molecule has 0 unspecified atom stereocenters. The summed E-state index contributed by atoms with van der Waals surface area (Å²) in [5.41, 5.74) is -2.30. The number of aromatic nitrogens is 1. The number of hydrogen-bond acceptors (Lipinski definition) is 2. The molecule has 80 valence electrons. The van der Waals surface area contributed by atoms with Crippen molar-refractivity contribution >= 4 is 12.6 Å². The average Bonchev–Trinajstić information content (AvgIpc) is 2.15. The van der Waals surface area contributed by atoms with Crippen LogP contribution in [-0.4, -0.2) is 10.7 Å². The van der Waals surface area contributed by atoms with Gasteiger partial charge in [-0.05, 0) is 6.07 Å². The first-order chi connectivity index (χ1) is 6.95. The van der Waals surface area contributed by atoms with Crippen molar-refractivity contribution in [1.82, 2.24) is 4.98 Å². The highest BCUT2D eigenvalue weighted by molar-refractivity contribution is 7.80. The van der Waals surface area contributed by atoms with Crippen LogP contribution in [0.1, 0.15) is 11.1 Å². The Hall–Kier alpha value is -1.35. The summed E-state index contributed by atoms with van der Waals surface area (Å²) >= 11 is 3.79. The molecule has 0 saturated carbocycles. The van der Waals surface area contributed by atoms with Gasteiger partial charge in [0.1, 0.15) is 5.56 Å². The first kappa shape index (κ1) is 11.7. The monoisotopic (exact) mass is 233 g/mol. The molecule has 0 fully saturated rings. The van der Waals surface area contributed by atoms with Gasteiger partial charge in [0.2, 0.25) is 0 Å². The minimum Gasteiger partial charge on any atom is -0.327 e. The molecule has 0 aromatic carbocycles. The van der Waals surface area contributed by atoms with Crippen molar-refractivity contribution in [2.24, 2.45) is 0 Å². The fourth-order valence-corrected chi connectivity index (χ4v) is 0.987. The fraction of sp³-hybridized carbons (Fsp3) is 0.222. The highest BCUT2D eigenvalue weighted by Gasteiger charge is 2.33. The van der Waals surface area contributed by atoms with Gasteiger partial charge in [-0.1, -0.05) is 11.8 Å². The summed E-state index contributed by atoms with van der Waals surface area (Å²) in [7, 11) is 0.